The Hall–Kier alpha value is -0.270. The first kappa shape index (κ1) is 5.86. The van der Waals surface area contributed by atoms with E-state index >= 15 is 0 Å². The third-order valence-corrected chi connectivity index (χ3v) is 1.42. The van der Waals surface area contributed by atoms with Crippen molar-refractivity contribution >= 4 is 8.25 Å². The summed E-state index contributed by atoms with van der Waals surface area (Å²) >= 11 is 0. The van der Waals surface area contributed by atoms with Crippen LogP contribution in [0.25, 0.3) is 0 Å². The summed E-state index contributed by atoms with van der Waals surface area (Å²) in [6.45, 7) is 0. The van der Waals surface area contributed by atoms with E-state index in [0.29, 0.717) is 5.76 Å². The molecule has 1 rings (SSSR count). The second kappa shape index (κ2) is 2.33. The van der Waals surface area contributed by atoms with E-state index in [-0.39, 0.29) is 0 Å². The van der Waals surface area contributed by atoms with Gasteiger partial charge in [0.05, 0.1) is 0 Å². The van der Waals surface area contributed by atoms with Crippen LogP contribution in [0.2, 0.25) is 0 Å². The summed E-state index contributed by atoms with van der Waals surface area (Å²) in [5, 5.41) is 0. The van der Waals surface area contributed by atoms with E-state index in [9.17, 15) is 4.57 Å². The second-order valence-electron chi connectivity index (χ2n) is 1.58. The lowest BCUT2D eigenvalue weighted by Crippen LogP contribution is -1.93. The van der Waals surface area contributed by atoms with Crippen LogP contribution in [0.1, 0.15) is 12.8 Å². The van der Waals surface area contributed by atoms with Crippen LogP contribution in [0.15, 0.2) is 11.8 Å². The molecule has 4 heteroatoms. The van der Waals surface area contributed by atoms with Crippen molar-refractivity contribution in [2.75, 3.05) is 0 Å². The highest BCUT2D eigenvalue weighted by molar-refractivity contribution is 7.32. The van der Waals surface area contributed by atoms with Crippen molar-refractivity contribution in [3.63, 3.8) is 0 Å². The van der Waals surface area contributed by atoms with Crippen LogP contribution < -0.4 is 0 Å². The Labute approximate surface area is 47.9 Å². The Morgan fingerprint density at radius 1 is 1.88 bits per heavy atom. The van der Waals surface area contributed by atoms with Gasteiger partial charge in [0.25, 0.3) is 0 Å². The summed E-state index contributed by atoms with van der Waals surface area (Å²) in [6, 6.07) is 0. The fraction of sp³-hybridized carbons (Fsp3) is 0.500. The lowest BCUT2D eigenvalue weighted by Gasteiger charge is -2.11. The first-order valence-corrected chi connectivity index (χ1v) is 3.65. The summed E-state index contributed by atoms with van der Waals surface area (Å²) in [6.07, 6.45) is 3.60. The maximum atomic E-state index is 9.92. The number of allylic oxidation sites excluding steroid dienone is 2. The topological polar surface area (TPSA) is 46.5 Å². The van der Waals surface area contributed by atoms with Crippen LogP contribution in [0, 0.1) is 0 Å². The van der Waals surface area contributed by atoms with Crippen molar-refractivity contribution in [3.05, 3.63) is 11.8 Å². The van der Waals surface area contributed by atoms with E-state index in [0.717, 1.165) is 12.8 Å². The maximum Gasteiger partial charge on any atom is 0.364 e. The normalized spacial score (nSPS) is 20.9. The van der Waals surface area contributed by atoms with Crippen LogP contribution in [0.4, 0.5) is 0 Å². The highest BCUT2D eigenvalue weighted by Crippen LogP contribution is 2.28. The van der Waals surface area contributed by atoms with E-state index in [2.05, 4.69) is 4.52 Å². The zero-order valence-electron chi connectivity index (χ0n) is 4.26. The Morgan fingerprint density at radius 2 is 2.50 bits per heavy atom. The zero-order chi connectivity index (χ0) is 5.98. The third-order valence-electron chi connectivity index (χ3n) is 0.981. The molecule has 0 amide bonds. The first-order valence-electron chi connectivity index (χ1n) is 2.39. The zero-order valence-corrected chi connectivity index (χ0v) is 5.26. The average molecular weight is 134 g/mol. The van der Waals surface area contributed by atoms with E-state index in [1.165, 1.54) is 0 Å². The van der Waals surface area contributed by atoms with Crippen molar-refractivity contribution in [1.29, 1.82) is 0 Å². The highest BCUT2D eigenvalue weighted by atomic mass is 31.1. The molecule has 1 atom stereocenters. The van der Waals surface area contributed by atoms with Gasteiger partial charge in [-0.1, -0.05) is 0 Å². The fourth-order valence-electron chi connectivity index (χ4n) is 0.467. The second-order valence-corrected chi connectivity index (χ2v) is 2.31. The molecule has 0 aromatic rings. The van der Waals surface area contributed by atoms with E-state index in [1.54, 1.807) is 6.08 Å². The molecule has 0 fully saturated rings. The molecule has 8 heavy (non-hydrogen) atoms. The lowest BCUT2D eigenvalue weighted by molar-refractivity contribution is 0.328. The van der Waals surface area contributed by atoms with Crippen LogP contribution in [0.5, 0.6) is 0 Å². The standard InChI is InChI=1S/C4H7O3P/c5-8(6)7-4-2-1-3-4/h2,8H,1,3H2,(H,5,6). The van der Waals surface area contributed by atoms with Gasteiger partial charge in [0, 0.05) is 6.42 Å². The fourth-order valence-corrected chi connectivity index (χ4v) is 0.877. The first-order chi connectivity index (χ1) is 3.79. The Kier molecular flexibility index (Phi) is 1.71. The summed E-state index contributed by atoms with van der Waals surface area (Å²) < 4.78 is 14.4. The summed E-state index contributed by atoms with van der Waals surface area (Å²) in [7, 11) is -2.71. The van der Waals surface area contributed by atoms with Gasteiger partial charge < -0.3 is 9.42 Å². The number of hydrogen-bond acceptors (Lipinski definition) is 2. The van der Waals surface area contributed by atoms with Crippen LogP contribution >= 0.6 is 8.25 Å². The Morgan fingerprint density at radius 3 is 2.62 bits per heavy atom. The van der Waals surface area contributed by atoms with Gasteiger partial charge in [-0.2, -0.15) is 0 Å². The molecule has 1 unspecified atom stereocenters. The average Bonchev–Trinajstić information content (AvgIpc) is 1.55. The molecule has 3 nitrogen and oxygen atoms in total. The van der Waals surface area contributed by atoms with E-state index in [4.69, 9.17) is 4.89 Å². The van der Waals surface area contributed by atoms with Crippen molar-refractivity contribution < 1.29 is 14.0 Å². The quantitative estimate of drug-likeness (QED) is 0.574. The van der Waals surface area contributed by atoms with Gasteiger partial charge >= 0.3 is 8.25 Å². The van der Waals surface area contributed by atoms with Gasteiger partial charge in [-0.25, -0.2) is 4.57 Å². The third kappa shape index (κ3) is 1.35. The van der Waals surface area contributed by atoms with Gasteiger partial charge in [0.2, 0.25) is 0 Å². The number of hydrogen-bond donors (Lipinski definition) is 1. The van der Waals surface area contributed by atoms with Crippen LogP contribution in [0.3, 0.4) is 0 Å². The summed E-state index contributed by atoms with van der Waals surface area (Å²) in [5.74, 6) is 0.663. The van der Waals surface area contributed by atoms with Gasteiger partial charge in [-0.15, -0.1) is 0 Å². The van der Waals surface area contributed by atoms with Crippen LogP contribution in [-0.4, -0.2) is 4.89 Å². The molecular formula is C4H7O3P. The van der Waals surface area contributed by atoms with Gasteiger partial charge in [-0.3, -0.25) is 0 Å². The summed E-state index contributed by atoms with van der Waals surface area (Å²) in [5.41, 5.74) is 0. The molecule has 0 aromatic heterocycles. The van der Waals surface area contributed by atoms with Crippen molar-refractivity contribution in [2.24, 2.45) is 0 Å². The number of rotatable bonds is 2. The SMILES string of the molecule is O=[PH](O)OC1=CCC1. The van der Waals surface area contributed by atoms with Gasteiger partial charge in [-0.05, 0) is 12.5 Å². The Bertz CT molecular complexity index is 140. The molecular weight excluding hydrogens is 127 g/mol. The molecule has 46 valence electrons. The highest BCUT2D eigenvalue weighted by Gasteiger charge is 2.07. The molecule has 0 radical (unpaired) electrons. The summed E-state index contributed by atoms with van der Waals surface area (Å²) in [4.78, 5) is 8.17. The minimum atomic E-state index is -2.71. The molecule has 1 aliphatic carbocycles. The van der Waals surface area contributed by atoms with E-state index in [1.807, 2.05) is 0 Å². The lowest BCUT2D eigenvalue weighted by atomic mass is 10.1. The molecule has 1 aliphatic rings. The molecule has 1 N–H and O–H groups in total. The monoisotopic (exact) mass is 134 g/mol. The van der Waals surface area contributed by atoms with Crippen molar-refractivity contribution in [3.8, 4) is 0 Å². The van der Waals surface area contributed by atoms with Gasteiger partial charge in [0.1, 0.15) is 5.76 Å². The molecule has 0 aliphatic heterocycles. The molecule has 0 aromatic carbocycles. The minimum Gasteiger partial charge on any atom is -0.431 e. The molecule has 0 saturated heterocycles. The van der Waals surface area contributed by atoms with Crippen molar-refractivity contribution in [2.45, 2.75) is 12.8 Å². The smallest absolute Gasteiger partial charge is 0.364 e. The molecule has 0 spiro atoms. The van der Waals surface area contributed by atoms with E-state index < -0.39 is 8.25 Å². The minimum absolute atomic E-state index is 0.663. The predicted molar refractivity (Wildman–Crippen MR) is 29.6 cm³/mol. The van der Waals surface area contributed by atoms with Gasteiger partial charge in [0.15, 0.2) is 0 Å². The van der Waals surface area contributed by atoms with Crippen molar-refractivity contribution in [1.82, 2.24) is 0 Å². The predicted octanol–water partition coefficient (Wildman–Crippen LogP) is 1.06. The maximum absolute atomic E-state index is 9.92. The molecule has 0 saturated carbocycles. The Balaban J connectivity index is 2.29. The largest absolute Gasteiger partial charge is 0.431 e. The molecule has 0 heterocycles. The molecule has 0 bridgehead atoms. The van der Waals surface area contributed by atoms with Crippen LogP contribution in [-0.2, 0) is 9.09 Å².